The van der Waals surface area contributed by atoms with Crippen LogP contribution >= 0.6 is 0 Å². The Morgan fingerprint density at radius 1 is 1.18 bits per heavy atom. The van der Waals surface area contributed by atoms with Crippen LogP contribution in [0.25, 0.3) is 11.3 Å². The summed E-state index contributed by atoms with van der Waals surface area (Å²) in [5.74, 6) is -0.265. The Kier molecular flexibility index (Phi) is 3.50. The van der Waals surface area contributed by atoms with Gasteiger partial charge in [-0.25, -0.2) is 0 Å². The molecule has 0 unspecified atom stereocenters. The van der Waals surface area contributed by atoms with Gasteiger partial charge in [0.1, 0.15) is 6.61 Å². The van der Waals surface area contributed by atoms with Gasteiger partial charge in [0.05, 0.1) is 5.69 Å². The fourth-order valence-corrected chi connectivity index (χ4v) is 1.49. The number of nitrogens with zero attached hydrogens (tertiary/aromatic N) is 1. The average molecular weight is 227 g/mol. The van der Waals surface area contributed by atoms with Gasteiger partial charge < -0.3 is 4.74 Å². The van der Waals surface area contributed by atoms with Crippen molar-refractivity contribution in [1.29, 1.82) is 0 Å². The summed E-state index contributed by atoms with van der Waals surface area (Å²) in [4.78, 5) is 14.9. The van der Waals surface area contributed by atoms with Gasteiger partial charge in [0.15, 0.2) is 0 Å². The zero-order chi connectivity index (χ0) is 12.1. The maximum absolute atomic E-state index is 10.7. The largest absolute Gasteiger partial charge is 0.461 e. The SMILES string of the molecule is CC(=O)OCc1ccc(-c2ccccn2)cc1. The first kappa shape index (κ1) is 11.3. The van der Waals surface area contributed by atoms with Gasteiger partial charge in [-0.1, -0.05) is 30.3 Å². The van der Waals surface area contributed by atoms with Gasteiger partial charge in [-0.2, -0.15) is 0 Å². The molecular formula is C14H13NO2. The summed E-state index contributed by atoms with van der Waals surface area (Å²) >= 11 is 0. The minimum atomic E-state index is -0.265. The molecule has 0 aliphatic heterocycles. The van der Waals surface area contributed by atoms with Crippen molar-refractivity contribution in [2.45, 2.75) is 13.5 Å². The summed E-state index contributed by atoms with van der Waals surface area (Å²) in [7, 11) is 0. The lowest BCUT2D eigenvalue weighted by atomic mass is 10.1. The van der Waals surface area contributed by atoms with Gasteiger partial charge in [0.25, 0.3) is 0 Å². The topological polar surface area (TPSA) is 39.2 Å². The first-order chi connectivity index (χ1) is 8.25. The summed E-state index contributed by atoms with van der Waals surface area (Å²) in [5, 5.41) is 0. The Morgan fingerprint density at radius 2 is 1.94 bits per heavy atom. The van der Waals surface area contributed by atoms with E-state index in [2.05, 4.69) is 4.98 Å². The molecule has 0 atom stereocenters. The molecule has 0 radical (unpaired) electrons. The molecule has 0 saturated heterocycles. The molecule has 0 fully saturated rings. The van der Waals surface area contributed by atoms with E-state index in [4.69, 9.17) is 4.74 Å². The molecule has 2 aromatic rings. The number of hydrogen-bond acceptors (Lipinski definition) is 3. The number of benzene rings is 1. The molecule has 0 N–H and O–H groups in total. The van der Waals surface area contributed by atoms with Crippen molar-refractivity contribution in [1.82, 2.24) is 4.98 Å². The average Bonchev–Trinajstić information content (AvgIpc) is 2.38. The van der Waals surface area contributed by atoms with E-state index in [-0.39, 0.29) is 5.97 Å². The number of ether oxygens (including phenoxy) is 1. The Labute approximate surface area is 100 Å². The summed E-state index contributed by atoms with van der Waals surface area (Å²) < 4.78 is 4.92. The van der Waals surface area contributed by atoms with Crippen LogP contribution in [0.1, 0.15) is 12.5 Å². The third-order valence-electron chi connectivity index (χ3n) is 2.36. The van der Waals surface area contributed by atoms with E-state index in [9.17, 15) is 4.79 Å². The molecule has 1 heterocycles. The molecule has 17 heavy (non-hydrogen) atoms. The Bertz CT molecular complexity index is 491. The lowest BCUT2D eigenvalue weighted by Crippen LogP contribution is -1.98. The van der Waals surface area contributed by atoms with Crippen LogP contribution in [0.4, 0.5) is 0 Å². The van der Waals surface area contributed by atoms with Crippen molar-refractivity contribution in [3.05, 3.63) is 54.2 Å². The molecule has 0 spiro atoms. The number of pyridine rings is 1. The van der Waals surface area contributed by atoms with E-state index >= 15 is 0 Å². The van der Waals surface area contributed by atoms with E-state index in [1.165, 1.54) is 6.92 Å². The highest BCUT2D eigenvalue weighted by Gasteiger charge is 1.99. The van der Waals surface area contributed by atoms with Crippen molar-refractivity contribution in [3.63, 3.8) is 0 Å². The highest BCUT2D eigenvalue weighted by Crippen LogP contribution is 2.17. The standard InChI is InChI=1S/C14H13NO2/c1-11(16)17-10-12-5-7-13(8-6-12)14-4-2-3-9-15-14/h2-9H,10H2,1H3. The lowest BCUT2D eigenvalue weighted by molar-refractivity contribution is -0.142. The van der Waals surface area contributed by atoms with E-state index in [1.54, 1.807) is 6.20 Å². The zero-order valence-corrected chi connectivity index (χ0v) is 9.59. The molecule has 0 saturated carbocycles. The second-order valence-electron chi connectivity index (χ2n) is 3.69. The zero-order valence-electron chi connectivity index (χ0n) is 9.59. The predicted octanol–water partition coefficient (Wildman–Crippen LogP) is 2.81. The van der Waals surface area contributed by atoms with Crippen LogP contribution in [0.5, 0.6) is 0 Å². The molecule has 0 amide bonds. The smallest absolute Gasteiger partial charge is 0.302 e. The third-order valence-corrected chi connectivity index (χ3v) is 2.36. The van der Waals surface area contributed by atoms with Crippen molar-refractivity contribution >= 4 is 5.97 Å². The Morgan fingerprint density at radius 3 is 2.53 bits per heavy atom. The van der Waals surface area contributed by atoms with Crippen LogP contribution in [0.15, 0.2) is 48.7 Å². The fourth-order valence-electron chi connectivity index (χ4n) is 1.49. The summed E-state index contributed by atoms with van der Waals surface area (Å²) in [6.45, 7) is 1.72. The lowest BCUT2D eigenvalue weighted by Gasteiger charge is -2.04. The monoisotopic (exact) mass is 227 g/mol. The highest BCUT2D eigenvalue weighted by atomic mass is 16.5. The van der Waals surface area contributed by atoms with Crippen LogP contribution < -0.4 is 0 Å². The number of esters is 1. The Hall–Kier alpha value is -2.16. The van der Waals surface area contributed by atoms with Crippen molar-refractivity contribution in [2.24, 2.45) is 0 Å². The molecule has 0 aliphatic rings. The summed E-state index contributed by atoms with van der Waals surface area (Å²) in [6.07, 6.45) is 1.77. The molecule has 86 valence electrons. The quantitative estimate of drug-likeness (QED) is 0.757. The second kappa shape index (κ2) is 5.25. The molecule has 0 aliphatic carbocycles. The van der Waals surface area contributed by atoms with Gasteiger partial charge >= 0.3 is 5.97 Å². The van der Waals surface area contributed by atoms with Crippen molar-refractivity contribution in [3.8, 4) is 11.3 Å². The van der Waals surface area contributed by atoms with Crippen LogP contribution in [0.3, 0.4) is 0 Å². The van der Waals surface area contributed by atoms with E-state index < -0.39 is 0 Å². The highest BCUT2D eigenvalue weighted by molar-refractivity contribution is 5.66. The van der Waals surface area contributed by atoms with Gasteiger partial charge in [-0.15, -0.1) is 0 Å². The first-order valence-electron chi connectivity index (χ1n) is 5.39. The minimum Gasteiger partial charge on any atom is -0.461 e. The number of aromatic nitrogens is 1. The van der Waals surface area contributed by atoms with E-state index in [0.717, 1.165) is 16.8 Å². The maximum Gasteiger partial charge on any atom is 0.302 e. The summed E-state index contributed by atoms with van der Waals surface area (Å²) in [5.41, 5.74) is 2.96. The van der Waals surface area contributed by atoms with E-state index in [0.29, 0.717) is 6.61 Å². The van der Waals surface area contributed by atoms with Crippen molar-refractivity contribution < 1.29 is 9.53 Å². The van der Waals surface area contributed by atoms with Crippen LogP contribution in [-0.4, -0.2) is 11.0 Å². The molecule has 1 aromatic carbocycles. The van der Waals surface area contributed by atoms with E-state index in [1.807, 2.05) is 42.5 Å². The molecule has 2 rings (SSSR count). The molecule has 3 heteroatoms. The van der Waals surface area contributed by atoms with Gasteiger partial charge in [0.2, 0.25) is 0 Å². The van der Waals surface area contributed by atoms with Crippen LogP contribution in [0.2, 0.25) is 0 Å². The van der Waals surface area contributed by atoms with Gasteiger partial charge in [-0.05, 0) is 17.7 Å². The Balaban J connectivity index is 2.11. The van der Waals surface area contributed by atoms with Gasteiger partial charge in [0, 0.05) is 18.7 Å². The normalized spacial score (nSPS) is 9.94. The fraction of sp³-hybridized carbons (Fsp3) is 0.143. The number of hydrogen-bond donors (Lipinski definition) is 0. The molecule has 0 bridgehead atoms. The predicted molar refractivity (Wildman–Crippen MR) is 65.1 cm³/mol. The second-order valence-corrected chi connectivity index (χ2v) is 3.69. The van der Waals surface area contributed by atoms with Crippen LogP contribution in [0, 0.1) is 0 Å². The maximum atomic E-state index is 10.7. The number of carbonyl (C=O) groups is 1. The van der Waals surface area contributed by atoms with Crippen molar-refractivity contribution in [2.75, 3.05) is 0 Å². The number of carbonyl (C=O) groups excluding carboxylic acids is 1. The first-order valence-corrected chi connectivity index (χ1v) is 5.39. The molecular weight excluding hydrogens is 214 g/mol. The van der Waals surface area contributed by atoms with Crippen LogP contribution in [-0.2, 0) is 16.1 Å². The molecule has 1 aromatic heterocycles. The minimum absolute atomic E-state index is 0.265. The summed E-state index contributed by atoms with van der Waals surface area (Å²) in [6, 6.07) is 13.6. The van der Waals surface area contributed by atoms with Gasteiger partial charge in [-0.3, -0.25) is 9.78 Å². The number of rotatable bonds is 3. The third kappa shape index (κ3) is 3.14. The molecule has 3 nitrogen and oxygen atoms in total.